The van der Waals surface area contributed by atoms with E-state index in [0.717, 1.165) is 51.9 Å². The second-order valence-corrected chi connectivity index (χ2v) is 7.40. The first-order chi connectivity index (χ1) is 15.3. The molecule has 152 valence electrons. The summed E-state index contributed by atoms with van der Waals surface area (Å²) in [5, 5.41) is 3.46. The molecule has 31 heavy (non-hydrogen) atoms. The Labute approximate surface area is 180 Å². The van der Waals surface area contributed by atoms with Crippen LogP contribution in [0.25, 0.3) is 33.8 Å². The van der Waals surface area contributed by atoms with E-state index < -0.39 is 0 Å². The van der Waals surface area contributed by atoms with Crippen molar-refractivity contribution in [2.45, 2.75) is 20.0 Å². The van der Waals surface area contributed by atoms with E-state index in [9.17, 15) is 0 Å². The van der Waals surface area contributed by atoms with E-state index in [1.807, 2.05) is 67.6 Å². The Morgan fingerprint density at radius 2 is 1.65 bits per heavy atom. The molecule has 0 fully saturated rings. The second-order valence-electron chi connectivity index (χ2n) is 7.40. The zero-order chi connectivity index (χ0) is 21.0. The molecule has 0 atom stereocenters. The van der Waals surface area contributed by atoms with Crippen molar-refractivity contribution in [3.63, 3.8) is 0 Å². The molecule has 6 nitrogen and oxygen atoms in total. The summed E-state index contributed by atoms with van der Waals surface area (Å²) in [4.78, 5) is 22.2. The first-order valence-electron chi connectivity index (χ1n) is 10.3. The summed E-state index contributed by atoms with van der Waals surface area (Å²) in [6, 6.07) is 24.1. The molecule has 5 rings (SSSR count). The van der Waals surface area contributed by atoms with E-state index in [-0.39, 0.29) is 0 Å². The number of H-pyrrole nitrogens is 1. The van der Waals surface area contributed by atoms with Crippen molar-refractivity contribution in [2.75, 3.05) is 0 Å². The molecule has 4 aromatic heterocycles. The lowest BCUT2D eigenvalue weighted by molar-refractivity contribution is 0.669. The molecule has 0 unspecified atom stereocenters. The maximum Gasteiger partial charge on any atom is 0.121 e. The zero-order valence-corrected chi connectivity index (χ0v) is 17.2. The highest BCUT2D eigenvalue weighted by Crippen LogP contribution is 2.29. The predicted molar refractivity (Wildman–Crippen MR) is 122 cm³/mol. The average Bonchev–Trinajstić information content (AvgIpc) is 3.24. The fraction of sp³-hybridized carbons (Fsp3) is 0.120. The van der Waals surface area contributed by atoms with Crippen LogP contribution in [0.1, 0.15) is 17.1 Å². The number of aromatic nitrogens is 5. The number of hydrogen-bond donors (Lipinski definition) is 2. The highest BCUT2D eigenvalue weighted by atomic mass is 15.0. The van der Waals surface area contributed by atoms with Crippen LogP contribution < -0.4 is 5.32 Å². The van der Waals surface area contributed by atoms with Gasteiger partial charge in [0.15, 0.2) is 0 Å². The number of imidazole rings is 1. The van der Waals surface area contributed by atoms with E-state index in [1.54, 1.807) is 6.20 Å². The van der Waals surface area contributed by atoms with Gasteiger partial charge in [-0.1, -0.05) is 36.4 Å². The van der Waals surface area contributed by atoms with Crippen LogP contribution in [0.15, 0.2) is 79.0 Å². The number of fused-ring (bicyclic) bond motifs is 1. The lowest BCUT2D eigenvalue weighted by atomic mass is 10.1. The van der Waals surface area contributed by atoms with Crippen LogP contribution in [0.5, 0.6) is 0 Å². The van der Waals surface area contributed by atoms with Crippen LogP contribution in [0, 0.1) is 6.92 Å². The van der Waals surface area contributed by atoms with Gasteiger partial charge >= 0.3 is 0 Å². The maximum absolute atomic E-state index is 4.87. The van der Waals surface area contributed by atoms with E-state index >= 15 is 0 Å². The number of aromatic amines is 1. The Bertz CT molecular complexity index is 1330. The van der Waals surface area contributed by atoms with E-state index in [0.29, 0.717) is 6.54 Å². The van der Waals surface area contributed by atoms with Crippen LogP contribution in [-0.2, 0) is 13.1 Å². The first kappa shape index (κ1) is 19.1. The predicted octanol–water partition coefficient (Wildman–Crippen LogP) is 4.68. The molecule has 0 aliphatic heterocycles. The smallest absolute Gasteiger partial charge is 0.121 e. The van der Waals surface area contributed by atoms with Crippen molar-refractivity contribution < 1.29 is 0 Å². The molecule has 0 spiro atoms. The summed E-state index contributed by atoms with van der Waals surface area (Å²) in [5.41, 5.74) is 7.21. The Balaban J connectivity index is 1.50. The van der Waals surface area contributed by atoms with Crippen molar-refractivity contribution in [1.82, 2.24) is 30.2 Å². The van der Waals surface area contributed by atoms with Gasteiger partial charge in [-0.2, -0.15) is 0 Å². The number of rotatable bonds is 6. The molecular weight excluding hydrogens is 384 g/mol. The Morgan fingerprint density at radius 3 is 2.52 bits per heavy atom. The summed E-state index contributed by atoms with van der Waals surface area (Å²) < 4.78 is 0. The zero-order valence-electron chi connectivity index (χ0n) is 17.2. The van der Waals surface area contributed by atoms with Crippen LogP contribution >= 0.6 is 0 Å². The van der Waals surface area contributed by atoms with Gasteiger partial charge in [-0.15, -0.1) is 0 Å². The number of pyridine rings is 3. The Kier molecular flexibility index (Phi) is 5.21. The van der Waals surface area contributed by atoms with Crippen molar-refractivity contribution in [3.8, 4) is 22.8 Å². The Morgan fingerprint density at radius 1 is 0.742 bits per heavy atom. The fourth-order valence-electron chi connectivity index (χ4n) is 3.57. The molecule has 0 radical (unpaired) electrons. The fourth-order valence-corrected chi connectivity index (χ4v) is 3.57. The summed E-state index contributed by atoms with van der Waals surface area (Å²) in [7, 11) is 0. The summed E-state index contributed by atoms with van der Waals surface area (Å²) in [6.07, 6.45) is 1.78. The van der Waals surface area contributed by atoms with E-state index in [1.165, 1.54) is 5.56 Å². The van der Waals surface area contributed by atoms with Gasteiger partial charge in [0, 0.05) is 18.4 Å². The van der Waals surface area contributed by atoms with Crippen LogP contribution in [0.2, 0.25) is 0 Å². The molecule has 1 aromatic carbocycles. The molecule has 5 aromatic rings. The number of nitrogens with zero attached hydrogens (tertiary/aromatic N) is 4. The topological polar surface area (TPSA) is 79.4 Å². The lowest BCUT2D eigenvalue weighted by Gasteiger charge is -2.04. The molecule has 6 heteroatoms. The normalized spacial score (nSPS) is 11.1. The largest absolute Gasteiger partial charge is 0.339 e. The van der Waals surface area contributed by atoms with Crippen LogP contribution in [-0.4, -0.2) is 24.9 Å². The third-order valence-corrected chi connectivity index (χ3v) is 5.06. The quantitative estimate of drug-likeness (QED) is 0.428. The van der Waals surface area contributed by atoms with E-state index in [4.69, 9.17) is 15.0 Å². The standard InChI is InChI=1S/C25H22N6/c1-17-7-5-10-21(28-17)24-25(22-13-12-19-20(29-22)11-6-14-27-19)31-23(30-24)16-26-15-18-8-3-2-4-9-18/h2-14,26H,15-16H2,1H3,(H,30,31). The minimum atomic E-state index is 0.614. The van der Waals surface area contributed by atoms with Crippen LogP contribution in [0.3, 0.4) is 0 Å². The molecule has 0 saturated carbocycles. The molecular formula is C25H22N6. The highest BCUT2D eigenvalue weighted by molar-refractivity contribution is 5.81. The minimum absolute atomic E-state index is 0.614. The van der Waals surface area contributed by atoms with Crippen LogP contribution in [0.4, 0.5) is 0 Å². The van der Waals surface area contributed by atoms with Gasteiger partial charge in [-0.25, -0.2) is 9.97 Å². The molecule has 0 aliphatic rings. The number of hydrogen-bond acceptors (Lipinski definition) is 5. The van der Waals surface area contributed by atoms with Gasteiger partial charge in [0.1, 0.15) is 11.5 Å². The Hall–Kier alpha value is -3.90. The summed E-state index contributed by atoms with van der Waals surface area (Å²) in [6.45, 7) is 3.37. The molecule has 0 amide bonds. The molecule has 4 heterocycles. The third-order valence-electron chi connectivity index (χ3n) is 5.06. The summed E-state index contributed by atoms with van der Waals surface area (Å²) >= 11 is 0. The number of nitrogens with one attached hydrogen (secondary N) is 2. The third kappa shape index (κ3) is 4.20. The minimum Gasteiger partial charge on any atom is -0.339 e. The van der Waals surface area contributed by atoms with Gasteiger partial charge in [-0.05, 0) is 48.9 Å². The number of aryl methyl sites for hydroxylation is 1. The van der Waals surface area contributed by atoms with Gasteiger partial charge < -0.3 is 10.3 Å². The van der Waals surface area contributed by atoms with Crippen molar-refractivity contribution in [1.29, 1.82) is 0 Å². The lowest BCUT2D eigenvalue weighted by Crippen LogP contribution is -2.13. The van der Waals surface area contributed by atoms with Gasteiger partial charge in [0.25, 0.3) is 0 Å². The van der Waals surface area contributed by atoms with Gasteiger partial charge in [0.2, 0.25) is 0 Å². The monoisotopic (exact) mass is 406 g/mol. The SMILES string of the molecule is Cc1cccc(-c2nc(CNCc3ccccc3)[nH]c2-c2ccc3ncccc3n2)n1. The first-order valence-corrected chi connectivity index (χ1v) is 10.3. The van der Waals surface area contributed by atoms with Gasteiger partial charge in [-0.3, -0.25) is 9.97 Å². The van der Waals surface area contributed by atoms with E-state index in [2.05, 4.69) is 27.4 Å². The molecule has 0 bridgehead atoms. The number of benzene rings is 1. The van der Waals surface area contributed by atoms with Crippen molar-refractivity contribution in [2.24, 2.45) is 0 Å². The molecule has 2 N–H and O–H groups in total. The average molecular weight is 406 g/mol. The maximum atomic E-state index is 4.87. The summed E-state index contributed by atoms with van der Waals surface area (Å²) in [5.74, 6) is 0.845. The van der Waals surface area contributed by atoms with Crippen molar-refractivity contribution in [3.05, 3.63) is 96.1 Å². The highest BCUT2D eigenvalue weighted by Gasteiger charge is 2.17. The molecule has 0 saturated heterocycles. The van der Waals surface area contributed by atoms with Crippen molar-refractivity contribution >= 4 is 11.0 Å². The van der Waals surface area contributed by atoms with Gasteiger partial charge in [0.05, 0.1) is 34.7 Å². The second kappa shape index (κ2) is 8.45. The molecule has 0 aliphatic carbocycles.